The van der Waals surface area contributed by atoms with Gasteiger partial charge < -0.3 is 5.32 Å². The van der Waals surface area contributed by atoms with Crippen LogP contribution >= 0.6 is 11.8 Å². The van der Waals surface area contributed by atoms with Gasteiger partial charge in [-0.1, -0.05) is 18.2 Å². The van der Waals surface area contributed by atoms with Gasteiger partial charge in [-0.15, -0.1) is 11.8 Å². The number of rotatable bonds is 5. The van der Waals surface area contributed by atoms with Crippen LogP contribution in [0, 0.1) is 10.1 Å². The van der Waals surface area contributed by atoms with Gasteiger partial charge in [-0.05, 0) is 72.4 Å². The lowest BCUT2D eigenvalue weighted by molar-refractivity contribution is -0.384. The number of nitro groups is 1. The van der Waals surface area contributed by atoms with Crippen molar-refractivity contribution >= 4 is 40.6 Å². The molecule has 0 aromatic heterocycles. The van der Waals surface area contributed by atoms with Crippen LogP contribution in [0.25, 0.3) is 0 Å². The van der Waals surface area contributed by atoms with Crippen LogP contribution in [0.15, 0.2) is 66.7 Å². The summed E-state index contributed by atoms with van der Waals surface area (Å²) in [5.74, 6) is 0.182. The van der Waals surface area contributed by atoms with Gasteiger partial charge in [0, 0.05) is 29.1 Å². The first-order chi connectivity index (χ1) is 16.0. The smallest absolute Gasteiger partial charge is 0.269 e. The van der Waals surface area contributed by atoms with E-state index < -0.39 is 4.92 Å². The fourth-order valence-electron chi connectivity index (χ4n) is 4.33. The molecule has 3 aromatic carbocycles. The van der Waals surface area contributed by atoms with Crippen molar-refractivity contribution in [2.75, 3.05) is 16.0 Å². The Morgan fingerprint density at radius 2 is 1.73 bits per heavy atom. The topological polar surface area (TPSA) is 92.6 Å². The Morgan fingerprint density at radius 3 is 2.45 bits per heavy atom. The summed E-state index contributed by atoms with van der Waals surface area (Å²) in [5, 5.41) is 13.5. The maximum absolute atomic E-state index is 12.7. The third-order valence-corrected chi connectivity index (χ3v) is 7.23. The Bertz CT molecular complexity index is 1240. The summed E-state index contributed by atoms with van der Waals surface area (Å²) in [7, 11) is 0. The number of amides is 2. The second kappa shape index (κ2) is 8.71. The minimum atomic E-state index is -0.502. The van der Waals surface area contributed by atoms with Gasteiger partial charge in [0.15, 0.2) is 0 Å². The first-order valence-electron chi connectivity index (χ1n) is 10.7. The molecule has 7 nitrogen and oxygen atoms in total. The van der Waals surface area contributed by atoms with Gasteiger partial charge in [0.1, 0.15) is 5.37 Å². The lowest BCUT2D eigenvalue weighted by atomic mass is 10.1. The number of carbonyl (C=O) groups excluding carboxylic acids is 2. The molecule has 0 unspecified atom stereocenters. The van der Waals surface area contributed by atoms with E-state index in [2.05, 4.69) is 17.4 Å². The number of nitrogens with zero attached hydrogens (tertiary/aromatic N) is 2. The van der Waals surface area contributed by atoms with Gasteiger partial charge in [0.25, 0.3) is 11.6 Å². The molecule has 1 fully saturated rings. The Hall–Kier alpha value is -3.65. The number of benzene rings is 3. The molecule has 1 saturated heterocycles. The molecule has 2 amide bonds. The van der Waals surface area contributed by atoms with Gasteiger partial charge >= 0.3 is 0 Å². The molecule has 1 aliphatic carbocycles. The molecule has 0 bridgehead atoms. The quantitative estimate of drug-likeness (QED) is 0.423. The second-order valence-corrected chi connectivity index (χ2v) is 9.18. The number of nitrogens with one attached hydrogen (secondary N) is 1. The maximum atomic E-state index is 12.7. The number of anilines is 2. The fraction of sp³-hybridized carbons (Fsp3) is 0.200. The van der Waals surface area contributed by atoms with Gasteiger partial charge in [-0.3, -0.25) is 24.6 Å². The number of hydrogen-bond acceptors (Lipinski definition) is 5. The maximum Gasteiger partial charge on any atom is 0.269 e. The van der Waals surface area contributed by atoms with Crippen LogP contribution in [0.2, 0.25) is 0 Å². The number of thioether (sulfide) groups is 1. The molecule has 33 heavy (non-hydrogen) atoms. The van der Waals surface area contributed by atoms with Gasteiger partial charge in [0.05, 0.1) is 10.7 Å². The number of nitro benzene ring substituents is 1. The summed E-state index contributed by atoms with van der Waals surface area (Å²) >= 11 is 1.59. The molecular weight excluding hydrogens is 438 g/mol. The number of non-ortho nitro benzene ring substituents is 1. The molecule has 3 aromatic rings. The zero-order valence-corrected chi connectivity index (χ0v) is 18.5. The summed E-state index contributed by atoms with van der Waals surface area (Å²) in [6.45, 7) is 0. The third kappa shape index (κ3) is 4.21. The molecule has 0 saturated carbocycles. The molecule has 1 atom stereocenters. The molecule has 5 rings (SSSR count). The average molecular weight is 460 g/mol. The second-order valence-electron chi connectivity index (χ2n) is 8.11. The van der Waals surface area contributed by atoms with E-state index in [9.17, 15) is 19.7 Å². The predicted molar refractivity (Wildman–Crippen MR) is 129 cm³/mol. The number of aryl methyl sites for hydroxylation is 2. The molecule has 8 heteroatoms. The highest BCUT2D eigenvalue weighted by Crippen LogP contribution is 2.43. The highest BCUT2D eigenvalue weighted by Gasteiger charge is 2.34. The number of carbonyl (C=O) groups is 2. The van der Waals surface area contributed by atoms with Crippen LogP contribution in [-0.4, -0.2) is 22.5 Å². The molecule has 0 radical (unpaired) electrons. The molecule has 0 spiro atoms. The van der Waals surface area contributed by atoms with E-state index in [-0.39, 0.29) is 22.9 Å². The Labute approximate surface area is 194 Å². The van der Waals surface area contributed by atoms with Crippen LogP contribution in [-0.2, 0) is 17.6 Å². The van der Waals surface area contributed by atoms with Crippen molar-refractivity contribution in [3.63, 3.8) is 0 Å². The van der Waals surface area contributed by atoms with Gasteiger partial charge in [0.2, 0.25) is 5.91 Å². The number of hydrogen-bond donors (Lipinski definition) is 1. The summed E-state index contributed by atoms with van der Waals surface area (Å²) in [5.41, 5.74) is 5.52. The van der Waals surface area contributed by atoms with Gasteiger partial charge in [-0.2, -0.15) is 0 Å². The molecule has 1 heterocycles. The zero-order valence-electron chi connectivity index (χ0n) is 17.7. The van der Waals surface area contributed by atoms with E-state index >= 15 is 0 Å². The molecule has 1 aliphatic heterocycles. The summed E-state index contributed by atoms with van der Waals surface area (Å²) < 4.78 is 0. The van der Waals surface area contributed by atoms with Crippen molar-refractivity contribution in [2.24, 2.45) is 0 Å². The lowest BCUT2D eigenvalue weighted by Crippen LogP contribution is -2.27. The molecular formula is C25H21N3O4S. The van der Waals surface area contributed by atoms with Crippen molar-refractivity contribution < 1.29 is 14.5 Å². The fourth-order valence-corrected chi connectivity index (χ4v) is 5.50. The van der Waals surface area contributed by atoms with E-state index in [0.29, 0.717) is 17.0 Å². The first kappa shape index (κ1) is 21.2. The van der Waals surface area contributed by atoms with E-state index in [1.54, 1.807) is 11.8 Å². The van der Waals surface area contributed by atoms with E-state index in [0.717, 1.165) is 30.5 Å². The summed E-state index contributed by atoms with van der Waals surface area (Å²) in [6.07, 6.45) is 3.33. The highest BCUT2D eigenvalue weighted by atomic mass is 32.2. The van der Waals surface area contributed by atoms with Crippen LogP contribution in [0.4, 0.5) is 17.1 Å². The zero-order chi connectivity index (χ0) is 22.9. The minimum Gasteiger partial charge on any atom is -0.322 e. The Kier molecular flexibility index (Phi) is 5.60. The Balaban J connectivity index is 1.31. The van der Waals surface area contributed by atoms with Gasteiger partial charge in [-0.25, -0.2) is 0 Å². The van der Waals surface area contributed by atoms with Crippen LogP contribution in [0.1, 0.15) is 38.8 Å². The van der Waals surface area contributed by atoms with Crippen molar-refractivity contribution in [1.82, 2.24) is 0 Å². The largest absolute Gasteiger partial charge is 0.322 e. The van der Waals surface area contributed by atoms with Crippen molar-refractivity contribution in [3.05, 3.63) is 99.1 Å². The van der Waals surface area contributed by atoms with Crippen molar-refractivity contribution in [1.29, 1.82) is 0 Å². The summed E-state index contributed by atoms with van der Waals surface area (Å²) in [4.78, 5) is 37.3. The van der Waals surface area contributed by atoms with Crippen molar-refractivity contribution in [3.8, 4) is 0 Å². The van der Waals surface area contributed by atoms with E-state index in [1.807, 2.05) is 35.2 Å². The monoisotopic (exact) mass is 459 g/mol. The van der Waals surface area contributed by atoms with Crippen LogP contribution in [0.5, 0.6) is 0 Å². The predicted octanol–water partition coefficient (Wildman–Crippen LogP) is 5.11. The molecule has 166 valence electrons. The highest BCUT2D eigenvalue weighted by molar-refractivity contribution is 8.00. The summed E-state index contributed by atoms with van der Waals surface area (Å²) in [6, 6.07) is 19.3. The molecule has 2 aliphatic rings. The molecule has 1 N–H and O–H groups in total. The SMILES string of the molecule is O=C(Nc1ccc([C@H]2SCC(=O)N2c2ccc3c(c2)CCC3)cc1)c1ccc([N+](=O)[O-])cc1. The Morgan fingerprint density at radius 1 is 1.00 bits per heavy atom. The third-order valence-electron chi connectivity index (χ3n) is 6.02. The van der Waals surface area contributed by atoms with Crippen LogP contribution in [0.3, 0.4) is 0 Å². The standard InChI is InChI=1S/C25H21N3O4S/c29-23-15-33-25(27(23)22-13-6-16-2-1-3-19(16)14-22)18-4-9-20(10-5-18)26-24(30)17-7-11-21(12-8-17)28(31)32/h4-14,25H,1-3,15H2,(H,26,30)/t25-/m1/s1. The minimum absolute atomic E-state index is 0.0626. The average Bonchev–Trinajstić information content (AvgIpc) is 3.45. The normalized spacial score (nSPS) is 17.2. The van der Waals surface area contributed by atoms with E-state index in [1.165, 1.54) is 35.4 Å². The van der Waals surface area contributed by atoms with Crippen LogP contribution < -0.4 is 10.2 Å². The van der Waals surface area contributed by atoms with Crippen molar-refractivity contribution in [2.45, 2.75) is 24.6 Å². The van der Waals surface area contributed by atoms with E-state index in [4.69, 9.17) is 0 Å². The first-order valence-corrected chi connectivity index (χ1v) is 11.8. The number of fused-ring (bicyclic) bond motifs is 1. The lowest BCUT2D eigenvalue weighted by Gasteiger charge is -2.25.